The van der Waals surface area contributed by atoms with E-state index in [2.05, 4.69) is 17.2 Å². The highest BCUT2D eigenvalue weighted by atomic mass is 16.6. The molecule has 0 saturated heterocycles. The fraction of sp³-hybridized carbons (Fsp3) is 0.429. The summed E-state index contributed by atoms with van der Waals surface area (Å²) in [6, 6.07) is 4.31. The third-order valence-corrected chi connectivity index (χ3v) is 3.30. The SMILES string of the molecule is CC(N)CCc1c[nH]c2cc3c(cc12)OCCO3. The van der Waals surface area contributed by atoms with Crippen LogP contribution < -0.4 is 15.2 Å². The van der Waals surface area contributed by atoms with Crippen molar-refractivity contribution < 1.29 is 9.47 Å². The Morgan fingerprint density at radius 2 is 2.00 bits per heavy atom. The summed E-state index contributed by atoms with van der Waals surface area (Å²) in [6.07, 6.45) is 4.03. The molecule has 96 valence electrons. The lowest BCUT2D eigenvalue weighted by Gasteiger charge is -2.18. The molecule has 1 aromatic carbocycles. The molecule has 0 aliphatic carbocycles. The van der Waals surface area contributed by atoms with Crippen LogP contribution in [0.15, 0.2) is 18.3 Å². The second-order valence-electron chi connectivity index (χ2n) is 4.87. The van der Waals surface area contributed by atoms with Crippen molar-refractivity contribution in [2.24, 2.45) is 5.73 Å². The van der Waals surface area contributed by atoms with Gasteiger partial charge in [-0.3, -0.25) is 0 Å². The van der Waals surface area contributed by atoms with Gasteiger partial charge in [0.15, 0.2) is 11.5 Å². The van der Waals surface area contributed by atoms with E-state index in [0.717, 1.165) is 29.9 Å². The van der Waals surface area contributed by atoms with Crippen molar-refractivity contribution in [2.45, 2.75) is 25.8 Å². The monoisotopic (exact) mass is 246 g/mol. The van der Waals surface area contributed by atoms with E-state index in [1.54, 1.807) is 0 Å². The van der Waals surface area contributed by atoms with Crippen LogP contribution in [0.5, 0.6) is 11.5 Å². The largest absolute Gasteiger partial charge is 0.486 e. The molecule has 0 bridgehead atoms. The molecule has 0 fully saturated rings. The maximum atomic E-state index is 5.81. The molecule has 1 atom stereocenters. The zero-order chi connectivity index (χ0) is 12.5. The Kier molecular flexibility index (Phi) is 2.88. The zero-order valence-corrected chi connectivity index (χ0v) is 10.5. The third-order valence-electron chi connectivity index (χ3n) is 3.30. The van der Waals surface area contributed by atoms with E-state index in [0.29, 0.717) is 13.2 Å². The number of fused-ring (bicyclic) bond motifs is 2. The molecule has 3 N–H and O–H groups in total. The first-order chi connectivity index (χ1) is 8.74. The first-order valence-corrected chi connectivity index (χ1v) is 6.39. The summed E-state index contributed by atoms with van der Waals surface area (Å²) in [4.78, 5) is 3.29. The lowest BCUT2D eigenvalue weighted by atomic mass is 10.1. The first kappa shape index (κ1) is 11.4. The average Bonchev–Trinajstić information content (AvgIpc) is 2.76. The number of ether oxygens (including phenoxy) is 2. The Hall–Kier alpha value is -1.68. The van der Waals surface area contributed by atoms with Gasteiger partial charge in [0, 0.05) is 29.2 Å². The number of rotatable bonds is 3. The van der Waals surface area contributed by atoms with Gasteiger partial charge in [-0.15, -0.1) is 0 Å². The lowest BCUT2D eigenvalue weighted by Crippen LogP contribution is -2.15. The van der Waals surface area contributed by atoms with Crippen molar-refractivity contribution in [3.63, 3.8) is 0 Å². The molecule has 1 aliphatic rings. The van der Waals surface area contributed by atoms with E-state index in [1.165, 1.54) is 10.9 Å². The fourth-order valence-electron chi connectivity index (χ4n) is 2.31. The van der Waals surface area contributed by atoms with Gasteiger partial charge in [0.05, 0.1) is 0 Å². The van der Waals surface area contributed by atoms with Crippen LogP contribution in [0.3, 0.4) is 0 Å². The summed E-state index contributed by atoms with van der Waals surface area (Å²) in [5.41, 5.74) is 8.20. The Bertz CT molecular complexity index is 560. The fourth-order valence-corrected chi connectivity index (χ4v) is 2.31. The number of nitrogens with two attached hydrogens (primary N) is 1. The van der Waals surface area contributed by atoms with Crippen molar-refractivity contribution in [3.8, 4) is 11.5 Å². The molecule has 1 aliphatic heterocycles. The molecule has 3 rings (SSSR count). The van der Waals surface area contributed by atoms with Gasteiger partial charge in [0.2, 0.25) is 0 Å². The molecule has 1 unspecified atom stereocenters. The molecular formula is C14H18N2O2. The number of aromatic amines is 1. The minimum Gasteiger partial charge on any atom is -0.486 e. The topological polar surface area (TPSA) is 60.3 Å². The van der Waals surface area contributed by atoms with E-state index in [-0.39, 0.29) is 6.04 Å². The van der Waals surface area contributed by atoms with Crippen LogP contribution >= 0.6 is 0 Å². The van der Waals surface area contributed by atoms with Crippen LogP contribution in [0, 0.1) is 0 Å². The number of hydrogen-bond acceptors (Lipinski definition) is 3. The maximum Gasteiger partial charge on any atom is 0.163 e. The smallest absolute Gasteiger partial charge is 0.163 e. The Labute approximate surface area is 106 Å². The van der Waals surface area contributed by atoms with E-state index in [9.17, 15) is 0 Å². The van der Waals surface area contributed by atoms with Crippen LogP contribution in [0.4, 0.5) is 0 Å². The predicted octanol–water partition coefficient (Wildman–Crippen LogP) is 2.22. The highest BCUT2D eigenvalue weighted by Crippen LogP contribution is 2.35. The summed E-state index contributed by atoms with van der Waals surface area (Å²) in [5, 5.41) is 1.21. The van der Waals surface area contributed by atoms with Gasteiger partial charge in [-0.2, -0.15) is 0 Å². The number of nitrogens with one attached hydrogen (secondary N) is 1. The van der Waals surface area contributed by atoms with Crippen LogP contribution in [0.1, 0.15) is 18.9 Å². The first-order valence-electron chi connectivity index (χ1n) is 6.39. The molecule has 0 spiro atoms. The molecule has 0 saturated carbocycles. The van der Waals surface area contributed by atoms with Crippen LogP contribution in [0.25, 0.3) is 10.9 Å². The lowest BCUT2D eigenvalue weighted by molar-refractivity contribution is 0.172. The van der Waals surface area contributed by atoms with Gasteiger partial charge >= 0.3 is 0 Å². The van der Waals surface area contributed by atoms with E-state index in [4.69, 9.17) is 15.2 Å². The van der Waals surface area contributed by atoms with Gasteiger partial charge < -0.3 is 20.2 Å². The molecular weight excluding hydrogens is 228 g/mol. The molecule has 1 aromatic heterocycles. The summed E-state index contributed by atoms with van der Waals surface area (Å²) in [5.74, 6) is 1.67. The van der Waals surface area contributed by atoms with Crippen molar-refractivity contribution in [1.29, 1.82) is 0 Å². The second kappa shape index (κ2) is 4.53. The standard InChI is InChI=1S/C14H18N2O2/c1-9(15)2-3-10-8-16-12-7-14-13(6-11(10)12)17-4-5-18-14/h6-9,16H,2-5,15H2,1H3. The quantitative estimate of drug-likeness (QED) is 0.873. The molecule has 4 heteroatoms. The average molecular weight is 246 g/mol. The van der Waals surface area contributed by atoms with Gasteiger partial charge in [-0.05, 0) is 31.4 Å². The van der Waals surface area contributed by atoms with Gasteiger partial charge in [-0.1, -0.05) is 0 Å². The van der Waals surface area contributed by atoms with Crippen molar-refractivity contribution in [3.05, 3.63) is 23.9 Å². The van der Waals surface area contributed by atoms with Crippen LogP contribution in [-0.2, 0) is 6.42 Å². The minimum absolute atomic E-state index is 0.229. The molecule has 4 nitrogen and oxygen atoms in total. The molecule has 2 aromatic rings. The predicted molar refractivity (Wildman–Crippen MR) is 71.3 cm³/mol. The van der Waals surface area contributed by atoms with Crippen molar-refractivity contribution in [2.75, 3.05) is 13.2 Å². The third kappa shape index (κ3) is 2.04. The number of aryl methyl sites for hydroxylation is 1. The summed E-state index contributed by atoms with van der Waals surface area (Å²) >= 11 is 0. The Morgan fingerprint density at radius 3 is 2.72 bits per heavy atom. The second-order valence-corrected chi connectivity index (χ2v) is 4.87. The molecule has 0 amide bonds. The highest BCUT2D eigenvalue weighted by molar-refractivity contribution is 5.86. The van der Waals surface area contributed by atoms with Gasteiger partial charge in [0.25, 0.3) is 0 Å². The summed E-state index contributed by atoms with van der Waals surface area (Å²) < 4.78 is 11.2. The molecule has 2 heterocycles. The van der Waals surface area contributed by atoms with E-state index < -0.39 is 0 Å². The van der Waals surface area contributed by atoms with Crippen LogP contribution in [-0.4, -0.2) is 24.2 Å². The zero-order valence-electron chi connectivity index (χ0n) is 10.5. The van der Waals surface area contributed by atoms with Gasteiger partial charge in [0.1, 0.15) is 13.2 Å². The summed E-state index contributed by atoms with van der Waals surface area (Å²) in [6.45, 7) is 3.28. The number of benzene rings is 1. The molecule has 0 radical (unpaired) electrons. The van der Waals surface area contributed by atoms with Crippen LogP contribution in [0.2, 0.25) is 0 Å². The maximum absolute atomic E-state index is 5.81. The Balaban J connectivity index is 1.97. The Morgan fingerprint density at radius 1 is 1.28 bits per heavy atom. The minimum atomic E-state index is 0.229. The van der Waals surface area contributed by atoms with Crippen molar-refractivity contribution >= 4 is 10.9 Å². The van der Waals surface area contributed by atoms with Gasteiger partial charge in [-0.25, -0.2) is 0 Å². The number of hydrogen-bond donors (Lipinski definition) is 2. The normalized spacial score (nSPS) is 15.9. The molecule has 18 heavy (non-hydrogen) atoms. The van der Waals surface area contributed by atoms with Crippen molar-refractivity contribution in [1.82, 2.24) is 4.98 Å². The van der Waals surface area contributed by atoms with E-state index >= 15 is 0 Å². The number of H-pyrrole nitrogens is 1. The highest BCUT2D eigenvalue weighted by Gasteiger charge is 2.15. The van der Waals surface area contributed by atoms with E-state index in [1.807, 2.05) is 13.0 Å². The summed E-state index contributed by atoms with van der Waals surface area (Å²) in [7, 11) is 0. The number of aromatic nitrogens is 1.